The molecule has 1 atom stereocenters. The summed E-state index contributed by atoms with van der Waals surface area (Å²) in [6, 6.07) is 9.51. The van der Waals surface area contributed by atoms with E-state index in [0.29, 0.717) is 24.5 Å². The molecular weight excluding hydrogens is 336 g/mol. The standard InChI is InChI=1S/C18H18N4O4/c1-25-15-13(10-12-4-2-3-5-14(12)21-15)18(16-20-7-9-26-16)11-19-6-8-22(18)17(23)24/h2-5,7,9-10,19H,6,8,11H2,1H3,(H,23,24). The van der Waals surface area contributed by atoms with E-state index in [1.165, 1.54) is 24.5 Å². The van der Waals surface area contributed by atoms with Crippen LogP contribution in [0.4, 0.5) is 4.79 Å². The van der Waals surface area contributed by atoms with Crippen molar-refractivity contribution >= 4 is 17.0 Å². The molecule has 0 aliphatic carbocycles. The molecule has 1 unspecified atom stereocenters. The summed E-state index contributed by atoms with van der Waals surface area (Å²) in [6.45, 7) is 1.13. The Balaban J connectivity index is 2.03. The van der Waals surface area contributed by atoms with E-state index in [-0.39, 0.29) is 12.4 Å². The molecule has 4 rings (SSSR count). The Labute approximate surface area is 149 Å². The van der Waals surface area contributed by atoms with Crippen molar-refractivity contribution in [2.24, 2.45) is 0 Å². The molecule has 1 aliphatic heterocycles. The second kappa shape index (κ2) is 6.30. The summed E-state index contributed by atoms with van der Waals surface area (Å²) in [4.78, 5) is 22.3. The SMILES string of the molecule is COc1nc2ccccc2cc1C1(c2ncco2)CNCCN1C(=O)O. The van der Waals surface area contributed by atoms with Crippen LogP contribution in [0.25, 0.3) is 10.9 Å². The van der Waals surface area contributed by atoms with Gasteiger partial charge in [0.05, 0.1) is 24.4 Å². The molecule has 0 spiro atoms. The number of fused-ring (bicyclic) bond motifs is 1. The van der Waals surface area contributed by atoms with Gasteiger partial charge in [-0.3, -0.25) is 4.90 Å². The Hall–Kier alpha value is -3.13. The van der Waals surface area contributed by atoms with E-state index < -0.39 is 11.6 Å². The predicted molar refractivity (Wildman–Crippen MR) is 93.2 cm³/mol. The summed E-state index contributed by atoms with van der Waals surface area (Å²) in [5, 5.41) is 14.0. The number of pyridine rings is 1. The lowest BCUT2D eigenvalue weighted by Gasteiger charge is -2.44. The van der Waals surface area contributed by atoms with Crippen molar-refractivity contribution in [2.75, 3.05) is 26.7 Å². The van der Waals surface area contributed by atoms with E-state index in [9.17, 15) is 9.90 Å². The van der Waals surface area contributed by atoms with Crippen LogP contribution in [0, 0.1) is 0 Å². The fourth-order valence-electron chi connectivity index (χ4n) is 3.53. The highest BCUT2D eigenvalue weighted by atomic mass is 16.5. The molecule has 0 bridgehead atoms. The quantitative estimate of drug-likeness (QED) is 0.742. The number of piperazine rings is 1. The van der Waals surface area contributed by atoms with Gasteiger partial charge in [-0.1, -0.05) is 18.2 Å². The first kappa shape index (κ1) is 16.3. The van der Waals surface area contributed by atoms with Gasteiger partial charge in [-0.2, -0.15) is 0 Å². The van der Waals surface area contributed by atoms with Crippen LogP contribution >= 0.6 is 0 Å². The molecule has 3 heterocycles. The summed E-state index contributed by atoms with van der Waals surface area (Å²) >= 11 is 0. The fourth-order valence-corrected chi connectivity index (χ4v) is 3.53. The van der Waals surface area contributed by atoms with E-state index in [2.05, 4.69) is 15.3 Å². The zero-order valence-electron chi connectivity index (χ0n) is 14.2. The third kappa shape index (κ3) is 2.38. The molecule has 0 radical (unpaired) electrons. The second-order valence-electron chi connectivity index (χ2n) is 6.05. The maximum absolute atomic E-state index is 12.1. The number of methoxy groups -OCH3 is 1. The summed E-state index contributed by atoms with van der Waals surface area (Å²) < 4.78 is 11.1. The largest absolute Gasteiger partial charge is 0.481 e. The van der Waals surface area contributed by atoms with Gasteiger partial charge in [0.25, 0.3) is 0 Å². The molecule has 8 nitrogen and oxygen atoms in total. The minimum atomic E-state index is -1.17. The average molecular weight is 354 g/mol. The Morgan fingerprint density at radius 2 is 2.27 bits per heavy atom. The lowest BCUT2D eigenvalue weighted by molar-refractivity contribution is 0.0598. The first-order valence-electron chi connectivity index (χ1n) is 8.22. The molecule has 0 saturated carbocycles. The molecule has 8 heteroatoms. The predicted octanol–water partition coefficient (Wildman–Crippen LogP) is 2.06. The summed E-state index contributed by atoms with van der Waals surface area (Å²) in [7, 11) is 1.52. The minimum Gasteiger partial charge on any atom is -0.481 e. The van der Waals surface area contributed by atoms with Crippen molar-refractivity contribution in [3.8, 4) is 5.88 Å². The first-order valence-corrected chi connectivity index (χ1v) is 8.22. The summed E-state index contributed by atoms with van der Waals surface area (Å²) in [5.74, 6) is 0.624. The molecule has 1 aliphatic rings. The van der Waals surface area contributed by atoms with Crippen LogP contribution in [0.1, 0.15) is 11.5 Å². The number of hydrogen-bond acceptors (Lipinski definition) is 6. The maximum Gasteiger partial charge on any atom is 0.408 e. The number of carboxylic acid groups (broad SMARTS) is 1. The van der Waals surface area contributed by atoms with Crippen molar-refractivity contribution in [3.63, 3.8) is 0 Å². The average Bonchev–Trinajstić information content (AvgIpc) is 3.22. The van der Waals surface area contributed by atoms with Gasteiger partial charge in [0.15, 0.2) is 5.54 Å². The number of benzene rings is 1. The van der Waals surface area contributed by atoms with Crippen LogP contribution in [0.3, 0.4) is 0 Å². The lowest BCUT2D eigenvalue weighted by atomic mass is 9.85. The minimum absolute atomic E-state index is 0.280. The second-order valence-corrected chi connectivity index (χ2v) is 6.05. The van der Waals surface area contributed by atoms with E-state index in [0.717, 1.165) is 10.9 Å². The van der Waals surface area contributed by atoms with Crippen LogP contribution in [0.5, 0.6) is 5.88 Å². The van der Waals surface area contributed by atoms with E-state index in [1.54, 1.807) is 0 Å². The van der Waals surface area contributed by atoms with Crippen LogP contribution in [0.15, 0.2) is 47.2 Å². The van der Waals surface area contributed by atoms with Crippen molar-refractivity contribution in [1.29, 1.82) is 0 Å². The zero-order valence-corrected chi connectivity index (χ0v) is 14.2. The molecule has 3 aromatic rings. The first-order chi connectivity index (χ1) is 12.7. The van der Waals surface area contributed by atoms with E-state index in [4.69, 9.17) is 9.15 Å². The van der Waals surface area contributed by atoms with Gasteiger partial charge in [-0.15, -0.1) is 0 Å². The van der Waals surface area contributed by atoms with Crippen molar-refractivity contribution in [2.45, 2.75) is 5.54 Å². The number of ether oxygens (including phenoxy) is 1. The topological polar surface area (TPSA) is 101 Å². The number of aromatic nitrogens is 2. The third-order valence-electron chi connectivity index (χ3n) is 4.70. The molecule has 134 valence electrons. The van der Waals surface area contributed by atoms with E-state index in [1.807, 2.05) is 30.3 Å². The van der Waals surface area contributed by atoms with Crippen molar-refractivity contribution in [3.05, 3.63) is 54.2 Å². The van der Waals surface area contributed by atoms with Gasteiger partial charge in [0.1, 0.15) is 6.26 Å². The highest BCUT2D eigenvalue weighted by Crippen LogP contribution is 2.41. The van der Waals surface area contributed by atoms with Gasteiger partial charge < -0.3 is 19.6 Å². The molecule has 1 aromatic carbocycles. The number of nitrogens with zero attached hydrogens (tertiary/aromatic N) is 3. The van der Waals surface area contributed by atoms with Crippen LogP contribution in [-0.4, -0.2) is 52.8 Å². The highest BCUT2D eigenvalue weighted by Gasteiger charge is 2.50. The van der Waals surface area contributed by atoms with Crippen LogP contribution in [0.2, 0.25) is 0 Å². The smallest absolute Gasteiger partial charge is 0.408 e. The summed E-state index contributed by atoms with van der Waals surface area (Å²) in [5.41, 5.74) is 0.188. The number of nitrogens with one attached hydrogen (secondary N) is 1. The lowest BCUT2D eigenvalue weighted by Crippen LogP contribution is -2.61. The molecule has 1 saturated heterocycles. The Kier molecular flexibility index (Phi) is 3.96. The zero-order chi connectivity index (χ0) is 18.1. The Morgan fingerprint density at radius 3 is 3.00 bits per heavy atom. The monoisotopic (exact) mass is 354 g/mol. The van der Waals surface area contributed by atoms with Crippen LogP contribution in [-0.2, 0) is 5.54 Å². The van der Waals surface area contributed by atoms with Gasteiger partial charge in [-0.05, 0) is 12.1 Å². The Morgan fingerprint density at radius 1 is 1.42 bits per heavy atom. The number of hydrogen-bond donors (Lipinski definition) is 2. The number of amides is 1. The molecule has 1 fully saturated rings. The normalized spacial score (nSPS) is 20.3. The fraction of sp³-hybridized carbons (Fsp3) is 0.278. The maximum atomic E-state index is 12.1. The van der Waals surface area contributed by atoms with Gasteiger partial charge in [0.2, 0.25) is 11.8 Å². The van der Waals surface area contributed by atoms with E-state index >= 15 is 0 Å². The third-order valence-corrected chi connectivity index (χ3v) is 4.70. The molecular formula is C18H18N4O4. The number of oxazole rings is 1. The molecule has 2 aromatic heterocycles. The highest BCUT2D eigenvalue weighted by molar-refractivity contribution is 5.81. The number of rotatable bonds is 3. The van der Waals surface area contributed by atoms with Crippen molar-refractivity contribution in [1.82, 2.24) is 20.2 Å². The van der Waals surface area contributed by atoms with Gasteiger partial charge >= 0.3 is 6.09 Å². The molecule has 26 heavy (non-hydrogen) atoms. The Bertz CT molecular complexity index is 944. The number of carbonyl (C=O) groups is 1. The van der Waals surface area contributed by atoms with Gasteiger partial charge in [-0.25, -0.2) is 14.8 Å². The van der Waals surface area contributed by atoms with Gasteiger partial charge in [0, 0.05) is 25.0 Å². The van der Waals surface area contributed by atoms with Crippen LogP contribution < -0.4 is 10.1 Å². The molecule has 2 N–H and O–H groups in total. The number of para-hydroxylation sites is 1. The van der Waals surface area contributed by atoms with Crippen molar-refractivity contribution < 1.29 is 19.1 Å². The molecule has 1 amide bonds. The summed E-state index contributed by atoms with van der Waals surface area (Å²) in [6.07, 6.45) is 1.89.